The first-order valence-corrected chi connectivity index (χ1v) is 7.95. The highest BCUT2D eigenvalue weighted by molar-refractivity contribution is 5.04. The van der Waals surface area contributed by atoms with Crippen LogP contribution in [0.5, 0.6) is 0 Å². The largest absolute Gasteiger partial charge is 0.379 e. The molecule has 19 heavy (non-hydrogen) atoms. The molecule has 2 fully saturated rings. The Morgan fingerprint density at radius 1 is 1.37 bits per heavy atom. The molecule has 0 amide bonds. The number of hydrogen-bond donors (Lipinski definition) is 1. The highest BCUT2D eigenvalue weighted by atomic mass is 16.5. The van der Waals surface area contributed by atoms with E-state index in [0.29, 0.717) is 11.6 Å². The Morgan fingerprint density at radius 3 is 2.58 bits per heavy atom. The summed E-state index contributed by atoms with van der Waals surface area (Å²) in [6.07, 6.45) is 5.17. The maximum absolute atomic E-state index is 5.58. The number of piperazine rings is 1. The fourth-order valence-electron chi connectivity index (χ4n) is 3.24. The first-order valence-electron chi connectivity index (χ1n) is 7.95. The molecular formula is C16H32N2O. The van der Waals surface area contributed by atoms with Crippen molar-refractivity contribution in [1.29, 1.82) is 0 Å². The maximum atomic E-state index is 5.58. The highest BCUT2D eigenvalue weighted by Crippen LogP contribution is 2.44. The zero-order valence-electron chi connectivity index (χ0n) is 13.5. The van der Waals surface area contributed by atoms with Crippen molar-refractivity contribution in [3.05, 3.63) is 0 Å². The summed E-state index contributed by atoms with van der Waals surface area (Å²) in [6, 6.07) is 0.664. The van der Waals surface area contributed by atoms with Crippen LogP contribution in [-0.2, 0) is 4.74 Å². The predicted molar refractivity (Wildman–Crippen MR) is 80.5 cm³/mol. The fourth-order valence-corrected chi connectivity index (χ4v) is 3.24. The van der Waals surface area contributed by atoms with Crippen LogP contribution in [0.4, 0.5) is 0 Å². The minimum atomic E-state index is -0.00293. The quantitative estimate of drug-likeness (QED) is 0.801. The highest BCUT2D eigenvalue weighted by Gasteiger charge is 2.48. The smallest absolute Gasteiger partial charge is 0.0634 e. The second-order valence-electron chi connectivity index (χ2n) is 7.28. The Labute approximate surface area is 119 Å². The Kier molecular flexibility index (Phi) is 4.59. The summed E-state index contributed by atoms with van der Waals surface area (Å²) < 4.78 is 5.58. The van der Waals surface area contributed by atoms with Crippen molar-refractivity contribution in [3.8, 4) is 0 Å². The summed E-state index contributed by atoms with van der Waals surface area (Å²) in [5, 5.41) is 3.75. The van der Waals surface area contributed by atoms with Crippen LogP contribution in [0.25, 0.3) is 0 Å². The van der Waals surface area contributed by atoms with E-state index < -0.39 is 0 Å². The van der Waals surface area contributed by atoms with Gasteiger partial charge < -0.3 is 10.1 Å². The van der Waals surface area contributed by atoms with Gasteiger partial charge in [0.25, 0.3) is 0 Å². The van der Waals surface area contributed by atoms with Crippen LogP contribution in [0.3, 0.4) is 0 Å². The van der Waals surface area contributed by atoms with Gasteiger partial charge in [0.2, 0.25) is 0 Å². The molecule has 0 aromatic heterocycles. The summed E-state index contributed by atoms with van der Waals surface area (Å²) >= 11 is 0. The van der Waals surface area contributed by atoms with Crippen molar-refractivity contribution in [2.24, 2.45) is 5.92 Å². The third-order valence-electron chi connectivity index (χ3n) is 5.40. The molecule has 0 aromatic carbocycles. The lowest BCUT2D eigenvalue weighted by atomic mass is 9.88. The lowest BCUT2D eigenvalue weighted by Gasteiger charge is -2.49. The number of rotatable bonds is 6. The Balaban J connectivity index is 1.99. The number of nitrogens with zero attached hydrogens (tertiary/aromatic N) is 1. The molecule has 2 atom stereocenters. The van der Waals surface area contributed by atoms with Crippen LogP contribution in [0.2, 0.25) is 0 Å². The van der Waals surface area contributed by atoms with Gasteiger partial charge in [0.05, 0.1) is 5.60 Å². The van der Waals surface area contributed by atoms with Gasteiger partial charge in [0, 0.05) is 38.3 Å². The molecule has 0 spiro atoms. The molecule has 0 bridgehead atoms. The normalized spacial score (nSPS) is 33.6. The zero-order valence-corrected chi connectivity index (χ0v) is 13.5. The first kappa shape index (κ1) is 15.3. The molecule has 1 heterocycles. The van der Waals surface area contributed by atoms with Crippen molar-refractivity contribution in [2.75, 3.05) is 26.7 Å². The predicted octanol–water partition coefficient (Wildman–Crippen LogP) is 2.65. The molecule has 2 unspecified atom stereocenters. The van der Waals surface area contributed by atoms with E-state index in [4.69, 9.17) is 4.74 Å². The summed E-state index contributed by atoms with van der Waals surface area (Å²) in [4.78, 5) is 2.75. The molecule has 1 aliphatic heterocycles. The summed E-state index contributed by atoms with van der Waals surface area (Å²) in [6.45, 7) is 12.7. The minimum Gasteiger partial charge on any atom is -0.379 e. The molecule has 3 heteroatoms. The fraction of sp³-hybridized carbons (Fsp3) is 1.00. The van der Waals surface area contributed by atoms with Gasteiger partial charge in [-0.15, -0.1) is 0 Å². The second kappa shape index (κ2) is 5.71. The molecule has 1 saturated carbocycles. The van der Waals surface area contributed by atoms with Gasteiger partial charge in [0.1, 0.15) is 0 Å². The SMILES string of the molecule is CCC1CN(CCC(C)(C)OC)C(C)(C2CC2)CN1. The van der Waals surface area contributed by atoms with Gasteiger partial charge >= 0.3 is 0 Å². The zero-order chi connectivity index (χ0) is 14.1. The van der Waals surface area contributed by atoms with E-state index in [1.54, 1.807) is 0 Å². The van der Waals surface area contributed by atoms with Gasteiger partial charge in [-0.25, -0.2) is 0 Å². The molecule has 0 radical (unpaired) electrons. The lowest BCUT2D eigenvalue weighted by Crippen LogP contribution is -2.64. The minimum absolute atomic E-state index is 0.00293. The van der Waals surface area contributed by atoms with Gasteiger partial charge in [-0.05, 0) is 52.4 Å². The van der Waals surface area contributed by atoms with E-state index in [1.165, 1.54) is 25.8 Å². The van der Waals surface area contributed by atoms with Crippen molar-refractivity contribution in [3.63, 3.8) is 0 Å². The number of ether oxygens (including phenoxy) is 1. The Bertz CT molecular complexity index is 301. The average Bonchev–Trinajstić information content (AvgIpc) is 3.22. The van der Waals surface area contributed by atoms with E-state index in [-0.39, 0.29) is 5.60 Å². The van der Waals surface area contributed by atoms with E-state index in [1.807, 2.05) is 7.11 Å². The molecule has 1 saturated heterocycles. The van der Waals surface area contributed by atoms with Crippen molar-refractivity contribution >= 4 is 0 Å². The molecular weight excluding hydrogens is 236 g/mol. The Morgan fingerprint density at radius 2 is 2.05 bits per heavy atom. The van der Waals surface area contributed by atoms with E-state index in [2.05, 4.69) is 37.9 Å². The van der Waals surface area contributed by atoms with Crippen LogP contribution in [-0.4, -0.2) is 48.8 Å². The van der Waals surface area contributed by atoms with Crippen LogP contribution in [0.1, 0.15) is 53.4 Å². The second-order valence-corrected chi connectivity index (χ2v) is 7.28. The van der Waals surface area contributed by atoms with Gasteiger partial charge in [0.15, 0.2) is 0 Å². The topological polar surface area (TPSA) is 24.5 Å². The monoisotopic (exact) mass is 268 g/mol. The van der Waals surface area contributed by atoms with Crippen LogP contribution < -0.4 is 5.32 Å². The molecule has 2 aliphatic rings. The van der Waals surface area contributed by atoms with E-state index in [9.17, 15) is 0 Å². The average molecular weight is 268 g/mol. The van der Waals surface area contributed by atoms with Gasteiger partial charge in [-0.1, -0.05) is 6.92 Å². The molecule has 3 nitrogen and oxygen atoms in total. The molecule has 2 rings (SSSR count). The van der Waals surface area contributed by atoms with Crippen molar-refractivity contribution in [1.82, 2.24) is 10.2 Å². The number of nitrogens with one attached hydrogen (secondary N) is 1. The van der Waals surface area contributed by atoms with Gasteiger partial charge in [-0.3, -0.25) is 4.90 Å². The number of methoxy groups -OCH3 is 1. The third kappa shape index (κ3) is 3.50. The third-order valence-corrected chi connectivity index (χ3v) is 5.40. The summed E-state index contributed by atoms with van der Waals surface area (Å²) in [5.41, 5.74) is 0.368. The Hall–Kier alpha value is -0.120. The molecule has 1 aliphatic carbocycles. The number of hydrogen-bond acceptors (Lipinski definition) is 3. The van der Waals surface area contributed by atoms with Gasteiger partial charge in [-0.2, -0.15) is 0 Å². The van der Waals surface area contributed by atoms with Crippen LogP contribution >= 0.6 is 0 Å². The van der Waals surface area contributed by atoms with Crippen molar-refractivity contribution < 1.29 is 4.74 Å². The maximum Gasteiger partial charge on any atom is 0.0634 e. The first-order chi connectivity index (χ1) is 8.91. The molecule has 1 N–H and O–H groups in total. The van der Waals surface area contributed by atoms with Crippen LogP contribution in [0, 0.1) is 5.92 Å². The standard InChI is InChI=1S/C16H32N2O/c1-6-14-11-18(10-9-15(2,3)19-5)16(4,12-17-14)13-7-8-13/h13-14,17H,6-12H2,1-5H3. The van der Waals surface area contributed by atoms with Crippen LogP contribution in [0.15, 0.2) is 0 Å². The van der Waals surface area contributed by atoms with E-state index in [0.717, 1.165) is 25.4 Å². The lowest BCUT2D eigenvalue weighted by molar-refractivity contribution is -0.0200. The van der Waals surface area contributed by atoms with E-state index >= 15 is 0 Å². The molecule has 0 aromatic rings. The van der Waals surface area contributed by atoms with Crippen molar-refractivity contribution in [2.45, 2.75) is 70.6 Å². The molecule has 112 valence electrons. The summed E-state index contributed by atoms with van der Waals surface area (Å²) in [7, 11) is 1.83. The summed E-state index contributed by atoms with van der Waals surface area (Å²) in [5.74, 6) is 0.906.